The van der Waals surface area contributed by atoms with Gasteiger partial charge in [0.25, 0.3) is 0 Å². The Balaban J connectivity index is 2.97. The highest BCUT2D eigenvalue weighted by molar-refractivity contribution is 5.70. The van der Waals surface area contributed by atoms with Crippen LogP contribution in [0.1, 0.15) is 18.5 Å². The van der Waals surface area contributed by atoms with Crippen LogP contribution in [0.15, 0.2) is 18.2 Å². The van der Waals surface area contributed by atoms with Gasteiger partial charge in [-0.05, 0) is 17.7 Å². The molecule has 0 radical (unpaired) electrons. The van der Waals surface area contributed by atoms with Gasteiger partial charge in [-0.25, -0.2) is 4.39 Å². The van der Waals surface area contributed by atoms with Gasteiger partial charge in [-0.15, -0.1) is 0 Å². The van der Waals surface area contributed by atoms with Gasteiger partial charge in [0.15, 0.2) is 11.6 Å². The molecule has 0 bridgehead atoms. The molecule has 0 spiro atoms. The van der Waals surface area contributed by atoms with Crippen LogP contribution in [-0.4, -0.2) is 18.2 Å². The molecule has 0 aliphatic heterocycles. The van der Waals surface area contributed by atoms with E-state index in [1.54, 1.807) is 6.07 Å². The number of aliphatic carboxylic acids is 1. The third-order valence-electron chi connectivity index (χ3n) is 2.49. The minimum Gasteiger partial charge on any atom is -0.494 e. The van der Waals surface area contributed by atoms with E-state index in [1.807, 2.05) is 0 Å². The summed E-state index contributed by atoms with van der Waals surface area (Å²) >= 11 is 0. The topological polar surface area (TPSA) is 72.5 Å². The average molecular weight is 227 g/mol. The molecule has 16 heavy (non-hydrogen) atoms. The molecule has 3 N–H and O–H groups in total. The number of benzene rings is 1. The predicted molar refractivity (Wildman–Crippen MR) is 56.7 cm³/mol. The van der Waals surface area contributed by atoms with Gasteiger partial charge in [0.1, 0.15) is 0 Å². The van der Waals surface area contributed by atoms with Crippen molar-refractivity contribution in [3.63, 3.8) is 0 Å². The van der Waals surface area contributed by atoms with E-state index in [9.17, 15) is 9.18 Å². The van der Waals surface area contributed by atoms with Crippen LogP contribution in [0.4, 0.5) is 4.39 Å². The van der Waals surface area contributed by atoms with Crippen molar-refractivity contribution in [2.75, 3.05) is 7.11 Å². The van der Waals surface area contributed by atoms with Crippen LogP contribution in [0.25, 0.3) is 0 Å². The minimum absolute atomic E-state index is 0.110. The van der Waals surface area contributed by atoms with Crippen molar-refractivity contribution < 1.29 is 19.0 Å². The molecule has 88 valence electrons. The Kier molecular flexibility index (Phi) is 3.84. The van der Waals surface area contributed by atoms with E-state index in [0.29, 0.717) is 5.56 Å². The predicted octanol–water partition coefficient (Wildman–Crippen LogP) is 1.55. The summed E-state index contributed by atoms with van der Waals surface area (Å²) in [5, 5.41) is 8.79. The fourth-order valence-electron chi connectivity index (χ4n) is 1.33. The van der Waals surface area contributed by atoms with Crippen molar-refractivity contribution in [3.8, 4) is 5.75 Å². The van der Waals surface area contributed by atoms with E-state index in [-0.39, 0.29) is 5.75 Å². The summed E-state index contributed by atoms with van der Waals surface area (Å²) in [6.45, 7) is 1.48. The Bertz CT molecular complexity index is 395. The van der Waals surface area contributed by atoms with Crippen molar-refractivity contribution in [2.45, 2.75) is 13.0 Å². The highest BCUT2D eigenvalue weighted by Crippen LogP contribution is 2.24. The maximum Gasteiger partial charge on any atom is 0.308 e. The molecule has 0 amide bonds. The normalized spacial score (nSPS) is 14.2. The fraction of sp³-hybridized carbons (Fsp3) is 0.364. The zero-order chi connectivity index (χ0) is 12.3. The number of hydrogen-bond donors (Lipinski definition) is 2. The minimum atomic E-state index is -1.01. The number of carboxylic acids is 1. The van der Waals surface area contributed by atoms with Crippen molar-refractivity contribution in [1.82, 2.24) is 0 Å². The molecule has 1 aromatic rings. The molecule has 0 aromatic heterocycles. The molecule has 2 atom stereocenters. The molecule has 1 rings (SSSR count). The summed E-state index contributed by atoms with van der Waals surface area (Å²) in [4.78, 5) is 10.7. The van der Waals surface area contributed by atoms with E-state index in [4.69, 9.17) is 15.6 Å². The Hall–Kier alpha value is -1.62. The fourth-order valence-corrected chi connectivity index (χ4v) is 1.33. The van der Waals surface area contributed by atoms with Crippen LogP contribution in [0.5, 0.6) is 5.75 Å². The van der Waals surface area contributed by atoms with Gasteiger partial charge < -0.3 is 15.6 Å². The highest BCUT2D eigenvalue weighted by atomic mass is 19.1. The zero-order valence-electron chi connectivity index (χ0n) is 9.11. The second-order valence-corrected chi connectivity index (χ2v) is 3.55. The Morgan fingerprint density at radius 2 is 2.19 bits per heavy atom. The summed E-state index contributed by atoms with van der Waals surface area (Å²) in [6, 6.07) is 3.45. The summed E-state index contributed by atoms with van der Waals surface area (Å²) < 4.78 is 18.1. The summed E-state index contributed by atoms with van der Waals surface area (Å²) in [5.41, 5.74) is 6.15. The van der Waals surface area contributed by atoms with Crippen LogP contribution in [0.3, 0.4) is 0 Å². The van der Waals surface area contributed by atoms with Crippen LogP contribution in [0.2, 0.25) is 0 Å². The van der Waals surface area contributed by atoms with Crippen LogP contribution in [-0.2, 0) is 4.79 Å². The van der Waals surface area contributed by atoms with E-state index in [2.05, 4.69) is 0 Å². The first-order valence-electron chi connectivity index (χ1n) is 4.79. The molecule has 0 heterocycles. The smallest absolute Gasteiger partial charge is 0.308 e. The zero-order valence-corrected chi connectivity index (χ0v) is 9.11. The molecule has 1 aromatic carbocycles. The van der Waals surface area contributed by atoms with Crippen molar-refractivity contribution >= 4 is 5.97 Å². The number of hydrogen-bond acceptors (Lipinski definition) is 3. The summed E-state index contributed by atoms with van der Waals surface area (Å²) in [7, 11) is 1.36. The lowest BCUT2D eigenvalue weighted by Crippen LogP contribution is -2.25. The molecule has 5 heteroatoms. The first-order chi connectivity index (χ1) is 7.47. The van der Waals surface area contributed by atoms with Crippen LogP contribution >= 0.6 is 0 Å². The molecule has 0 saturated heterocycles. The molecular formula is C11H14FNO3. The second-order valence-electron chi connectivity index (χ2n) is 3.55. The molecule has 0 aliphatic rings. The molecular weight excluding hydrogens is 213 g/mol. The molecule has 0 fully saturated rings. The summed E-state index contributed by atoms with van der Waals surface area (Å²) in [5.74, 6) is -2.22. The van der Waals surface area contributed by atoms with E-state index >= 15 is 0 Å². The molecule has 0 aliphatic carbocycles. The van der Waals surface area contributed by atoms with E-state index in [0.717, 1.165) is 0 Å². The SMILES string of the molecule is COc1ccc(C(N)C(C)C(=O)O)cc1F. The number of halogens is 1. The van der Waals surface area contributed by atoms with Crippen molar-refractivity contribution in [2.24, 2.45) is 11.7 Å². The Morgan fingerprint density at radius 1 is 1.56 bits per heavy atom. The van der Waals surface area contributed by atoms with Gasteiger partial charge in [0.2, 0.25) is 0 Å². The lowest BCUT2D eigenvalue weighted by molar-refractivity contribution is -0.141. The lowest BCUT2D eigenvalue weighted by Gasteiger charge is -2.16. The van der Waals surface area contributed by atoms with Crippen molar-refractivity contribution in [3.05, 3.63) is 29.6 Å². The maximum absolute atomic E-state index is 13.3. The number of carboxylic acid groups (broad SMARTS) is 1. The largest absolute Gasteiger partial charge is 0.494 e. The number of carbonyl (C=O) groups is 1. The maximum atomic E-state index is 13.3. The monoisotopic (exact) mass is 227 g/mol. The van der Waals surface area contributed by atoms with E-state index in [1.165, 1.54) is 26.2 Å². The van der Waals surface area contributed by atoms with Gasteiger partial charge in [-0.1, -0.05) is 13.0 Å². The number of methoxy groups -OCH3 is 1. The van der Waals surface area contributed by atoms with Gasteiger partial charge in [0.05, 0.1) is 13.0 Å². The van der Waals surface area contributed by atoms with Gasteiger partial charge in [0, 0.05) is 6.04 Å². The Labute approximate surface area is 92.8 Å². The van der Waals surface area contributed by atoms with Crippen LogP contribution < -0.4 is 10.5 Å². The van der Waals surface area contributed by atoms with Crippen LogP contribution in [0, 0.1) is 11.7 Å². The van der Waals surface area contributed by atoms with Gasteiger partial charge in [-0.2, -0.15) is 0 Å². The highest BCUT2D eigenvalue weighted by Gasteiger charge is 2.22. The average Bonchev–Trinajstić information content (AvgIpc) is 2.26. The summed E-state index contributed by atoms with van der Waals surface area (Å²) in [6.07, 6.45) is 0. The number of ether oxygens (including phenoxy) is 1. The second kappa shape index (κ2) is 4.94. The van der Waals surface area contributed by atoms with Gasteiger partial charge in [-0.3, -0.25) is 4.79 Å². The quantitative estimate of drug-likeness (QED) is 0.818. The third-order valence-corrected chi connectivity index (χ3v) is 2.49. The first kappa shape index (κ1) is 12.4. The van der Waals surface area contributed by atoms with E-state index < -0.39 is 23.7 Å². The first-order valence-corrected chi connectivity index (χ1v) is 4.79. The molecule has 0 saturated carbocycles. The Morgan fingerprint density at radius 3 is 2.62 bits per heavy atom. The number of nitrogens with two attached hydrogens (primary N) is 1. The third kappa shape index (κ3) is 2.49. The van der Waals surface area contributed by atoms with Gasteiger partial charge >= 0.3 is 5.97 Å². The van der Waals surface area contributed by atoms with Crippen molar-refractivity contribution in [1.29, 1.82) is 0 Å². The molecule has 2 unspecified atom stereocenters. The lowest BCUT2D eigenvalue weighted by atomic mass is 9.95. The standard InChI is InChI=1S/C11H14FNO3/c1-6(11(14)15)10(13)7-3-4-9(16-2)8(12)5-7/h3-6,10H,13H2,1-2H3,(H,14,15). The molecule has 4 nitrogen and oxygen atoms in total. The number of rotatable bonds is 4.